The molecular formula is C88H101F9Ir3N3O6-3. The first-order valence-electron chi connectivity index (χ1n) is 35.7. The number of carbonyl (C=O) groups is 3. The molecule has 9 rings (SSSR count). The number of fused-ring (bicyclic) bond motifs is 3. The van der Waals surface area contributed by atoms with Gasteiger partial charge in [-0.1, -0.05) is 150 Å². The molecule has 0 aliphatic rings. The Bertz CT molecular complexity index is 4270. The first-order chi connectivity index (χ1) is 49.5. The molecule has 6 aromatic carbocycles. The van der Waals surface area contributed by atoms with Gasteiger partial charge in [-0.05, 0) is 150 Å². The van der Waals surface area contributed by atoms with Crippen LogP contribution in [0.25, 0.3) is 66.5 Å². The van der Waals surface area contributed by atoms with Crippen LogP contribution in [0.4, 0.5) is 39.5 Å². The largest absolute Gasteiger partial charge is 0.512 e. The number of ketones is 3. The van der Waals surface area contributed by atoms with Gasteiger partial charge in [-0.3, -0.25) is 29.3 Å². The van der Waals surface area contributed by atoms with Crippen LogP contribution < -0.4 is 0 Å². The summed E-state index contributed by atoms with van der Waals surface area (Å²) in [5.74, 6) is -2.20. The minimum absolute atomic E-state index is 0. The fraction of sp³-hybridized carbons (Fsp3) is 0.386. The molecule has 3 N–H and O–H groups in total. The maximum atomic E-state index is 12.8. The zero-order valence-electron chi connectivity index (χ0n) is 65.0. The van der Waals surface area contributed by atoms with Crippen LogP contribution in [-0.2, 0) is 94.0 Å². The van der Waals surface area contributed by atoms with Gasteiger partial charge in [0.25, 0.3) is 0 Å². The normalized spacial score (nSPS) is 12.2. The van der Waals surface area contributed by atoms with Crippen LogP contribution in [0, 0.1) is 90.3 Å². The third-order valence-electron chi connectivity index (χ3n) is 17.4. The standard InChI is InChI=1S/2C22H21F3N.C21H19F3N.C13H24O2.2C5H8O2.3Ir/c2*1-14-11-15(2)13-18(12-14)20-10-9-19-17(5-4-6-21(19)26-20)8-7-16(3)22(23,24)25;1-13-9-14(2)11-17(10-13)19-12-15(3)20-16(7-8-21(22,23)24)5-4-6-18(20)25-19;1-5-10(6-2)12(14)9-13(15)11(7-3)8-4;2*1-4(6)3-5(2)7;;;/h2*4-6,9-12,16H,7-8H2,1-3H3;4-6,9-10,12H,7-8H2,1-3H3;9-11,14H,5-8H2,1-4H3;2*3,6H,1-2H3;;;/q3*-1;;;;;;. The van der Waals surface area contributed by atoms with Crippen LogP contribution in [0.15, 0.2) is 157 Å². The Hall–Kier alpha value is -7.50. The van der Waals surface area contributed by atoms with E-state index in [0.717, 1.165) is 142 Å². The predicted octanol–water partition coefficient (Wildman–Crippen LogP) is 25.0. The third kappa shape index (κ3) is 34.3. The maximum Gasteiger partial charge on any atom is 0.391 e. The fourth-order valence-electron chi connectivity index (χ4n) is 11.9. The summed E-state index contributed by atoms with van der Waals surface area (Å²) in [5, 5.41) is 29.1. The topological polar surface area (TPSA) is 151 Å². The van der Waals surface area contributed by atoms with Crippen LogP contribution >= 0.6 is 0 Å². The molecule has 597 valence electrons. The number of rotatable bonds is 20. The Morgan fingerprint density at radius 2 is 0.789 bits per heavy atom. The SMILES string of the molecule is CC(=O)C=C(C)O.CC(=O)C=C(C)O.CCC(CC)C(=O)C=C(O)C(CC)CC.Cc1[c-]c(-c2cc(C)c3c(CCC(F)(F)F)cccc3n2)cc(C)c1.Cc1[c-]c(-c2ccc3c(CCC(C)C(F)(F)F)cccc3n2)cc(C)c1.Cc1[c-]c(-c2ccc3c(CCC(C)C(F)(F)F)cccc3n2)cc(C)c1.[Ir].[Ir].[Ir]. The number of hydrogen-bond donors (Lipinski definition) is 3. The predicted molar refractivity (Wildman–Crippen MR) is 411 cm³/mol. The van der Waals surface area contributed by atoms with Gasteiger partial charge in [0.05, 0.1) is 45.7 Å². The minimum Gasteiger partial charge on any atom is -0.512 e. The zero-order valence-corrected chi connectivity index (χ0v) is 72.2. The number of aliphatic hydroxyl groups excluding tert-OH is 3. The molecule has 9 aromatic rings. The number of nitrogens with zero attached hydrogens (tertiary/aromatic N) is 3. The summed E-state index contributed by atoms with van der Waals surface area (Å²) in [4.78, 5) is 45.9. The molecule has 0 aliphatic carbocycles. The summed E-state index contributed by atoms with van der Waals surface area (Å²) in [6.45, 7) is 30.2. The van der Waals surface area contributed by atoms with Crippen LogP contribution in [0.1, 0.15) is 170 Å². The number of alkyl halides is 9. The first-order valence-corrected chi connectivity index (χ1v) is 35.7. The van der Waals surface area contributed by atoms with Crippen molar-refractivity contribution in [3.63, 3.8) is 0 Å². The molecule has 109 heavy (non-hydrogen) atoms. The van der Waals surface area contributed by atoms with E-state index in [0.29, 0.717) is 18.4 Å². The van der Waals surface area contributed by atoms with Crippen molar-refractivity contribution in [2.24, 2.45) is 23.7 Å². The molecule has 3 radical (unpaired) electrons. The molecule has 21 heteroatoms. The minimum atomic E-state index is -4.16. The molecule has 3 aromatic heterocycles. The van der Waals surface area contributed by atoms with Crippen molar-refractivity contribution in [1.82, 2.24) is 15.0 Å². The van der Waals surface area contributed by atoms with Gasteiger partial charge in [0.2, 0.25) is 0 Å². The molecule has 0 amide bonds. The summed E-state index contributed by atoms with van der Waals surface area (Å²) < 4.78 is 114. The van der Waals surface area contributed by atoms with E-state index in [1.54, 1.807) is 12.1 Å². The zero-order chi connectivity index (χ0) is 79.6. The molecule has 0 saturated carbocycles. The van der Waals surface area contributed by atoms with Crippen LogP contribution in [0.2, 0.25) is 0 Å². The first kappa shape index (κ1) is 99.5. The van der Waals surface area contributed by atoms with Gasteiger partial charge in [-0.15, -0.1) is 105 Å². The van der Waals surface area contributed by atoms with Gasteiger partial charge in [-0.25, -0.2) is 0 Å². The molecule has 0 saturated heterocycles. The Morgan fingerprint density at radius 1 is 0.440 bits per heavy atom. The Morgan fingerprint density at radius 3 is 1.11 bits per heavy atom. The Balaban J connectivity index is 0.000000688. The number of halogens is 9. The second kappa shape index (κ2) is 47.0. The summed E-state index contributed by atoms with van der Waals surface area (Å²) in [7, 11) is 0. The number of pyridine rings is 3. The Kier molecular flexibility index (Phi) is 42.9. The second-order valence-corrected chi connectivity index (χ2v) is 27.1. The average Bonchev–Trinajstić information content (AvgIpc) is 0.795. The van der Waals surface area contributed by atoms with E-state index in [-0.39, 0.29) is 126 Å². The molecule has 0 fully saturated rings. The van der Waals surface area contributed by atoms with Crippen LogP contribution in [-0.4, -0.2) is 66.2 Å². The summed E-state index contributed by atoms with van der Waals surface area (Å²) in [6, 6.07) is 48.6. The van der Waals surface area contributed by atoms with E-state index in [1.807, 2.05) is 173 Å². The van der Waals surface area contributed by atoms with Crippen molar-refractivity contribution < 1.29 is 130 Å². The van der Waals surface area contributed by atoms with E-state index < -0.39 is 36.8 Å². The van der Waals surface area contributed by atoms with Crippen molar-refractivity contribution in [2.45, 2.75) is 200 Å². The van der Waals surface area contributed by atoms with E-state index in [4.69, 9.17) is 20.2 Å². The molecule has 0 aliphatic heterocycles. The van der Waals surface area contributed by atoms with E-state index >= 15 is 0 Å². The van der Waals surface area contributed by atoms with Crippen molar-refractivity contribution in [2.75, 3.05) is 0 Å². The smallest absolute Gasteiger partial charge is 0.391 e. The van der Waals surface area contributed by atoms with E-state index in [2.05, 4.69) is 35.3 Å². The number of aliphatic hydroxyl groups is 3. The molecule has 9 nitrogen and oxygen atoms in total. The summed E-state index contributed by atoms with van der Waals surface area (Å²) >= 11 is 0. The van der Waals surface area contributed by atoms with Crippen molar-refractivity contribution in [3.8, 4) is 33.8 Å². The van der Waals surface area contributed by atoms with E-state index in [1.165, 1.54) is 59.8 Å². The van der Waals surface area contributed by atoms with Gasteiger partial charge in [0.1, 0.15) is 0 Å². The summed E-state index contributed by atoms with van der Waals surface area (Å²) in [6.07, 6.45) is -5.13. The van der Waals surface area contributed by atoms with Gasteiger partial charge in [0, 0.05) is 113 Å². The number of aryl methyl sites for hydroxylation is 10. The van der Waals surface area contributed by atoms with Crippen LogP contribution in [0.5, 0.6) is 0 Å². The van der Waals surface area contributed by atoms with Gasteiger partial charge in [0.15, 0.2) is 17.3 Å². The maximum absolute atomic E-state index is 12.8. The molecule has 2 atom stereocenters. The number of benzene rings is 6. The summed E-state index contributed by atoms with van der Waals surface area (Å²) in [5.41, 5.74) is 17.5. The average molecular weight is 2040 g/mol. The Labute approximate surface area is 678 Å². The fourth-order valence-corrected chi connectivity index (χ4v) is 11.9. The molecule has 0 bridgehead atoms. The van der Waals surface area contributed by atoms with Gasteiger partial charge in [-0.2, -0.15) is 39.5 Å². The molecule has 2 unspecified atom stereocenters. The van der Waals surface area contributed by atoms with Crippen LogP contribution in [0.3, 0.4) is 0 Å². The molecule has 3 heterocycles. The van der Waals surface area contributed by atoms with Crippen molar-refractivity contribution >= 4 is 50.1 Å². The monoisotopic (exact) mass is 2050 g/mol. The second-order valence-electron chi connectivity index (χ2n) is 27.1. The van der Waals surface area contributed by atoms with Gasteiger partial charge >= 0.3 is 18.5 Å². The van der Waals surface area contributed by atoms with Gasteiger partial charge < -0.3 is 15.3 Å². The number of allylic oxidation sites excluding steroid dienone is 6. The van der Waals surface area contributed by atoms with Crippen molar-refractivity contribution in [3.05, 3.63) is 231 Å². The quantitative estimate of drug-likeness (QED) is 0.0293. The van der Waals surface area contributed by atoms with Crippen molar-refractivity contribution in [1.29, 1.82) is 0 Å². The number of carbonyl (C=O) groups excluding carboxylic acids is 3. The van der Waals surface area contributed by atoms with E-state index in [9.17, 15) is 59.0 Å². The number of hydrogen-bond acceptors (Lipinski definition) is 9. The third-order valence-corrected chi connectivity index (χ3v) is 17.4. The molecule has 0 spiro atoms. The number of aromatic nitrogens is 3. The molecular weight excluding hydrogens is 1940 g/mol.